The van der Waals surface area contributed by atoms with Gasteiger partial charge in [-0.1, -0.05) is 20.4 Å². The van der Waals surface area contributed by atoms with Gasteiger partial charge in [0.1, 0.15) is 0 Å². The lowest BCUT2D eigenvalue weighted by Gasteiger charge is -2.40. The number of nitrogens with one attached hydrogen (secondary N) is 1. The summed E-state index contributed by atoms with van der Waals surface area (Å²) in [4.78, 5) is 10.6. The lowest BCUT2D eigenvalue weighted by Crippen LogP contribution is -2.47. The van der Waals surface area contributed by atoms with Crippen molar-refractivity contribution in [2.75, 3.05) is 13.2 Å². The van der Waals surface area contributed by atoms with Gasteiger partial charge in [0.05, 0.1) is 5.60 Å². The predicted molar refractivity (Wildman–Crippen MR) is 67.1 cm³/mol. The molecule has 0 aromatic carbocycles. The van der Waals surface area contributed by atoms with Gasteiger partial charge in [-0.2, -0.15) is 0 Å². The highest BCUT2D eigenvalue weighted by molar-refractivity contribution is 5.86. The summed E-state index contributed by atoms with van der Waals surface area (Å²) in [6, 6.07) is 0.333. The van der Waals surface area contributed by atoms with Gasteiger partial charge in [-0.25, -0.2) is 4.79 Å². The number of ether oxygens (including phenoxy) is 1. The first-order chi connectivity index (χ1) is 8.03. The van der Waals surface area contributed by atoms with Gasteiger partial charge in [0, 0.05) is 24.8 Å². The third kappa shape index (κ3) is 3.82. The van der Waals surface area contributed by atoms with Crippen molar-refractivity contribution in [2.24, 2.45) is 0 Å². The maximum Gasteiger partial charge on any atom is 0.332 e. The number of carboxylic acid groups (broad SMARTS) is 1. The van der Waals surface area contributed by atoms with Gasteiger partial charge in [-0.3, -0.25) is 0 Å². The minimum absolute atomic E-state index is 0.0273. The molecule has 0 aromatic heterocycles. The first-order valence-corrected chi connectivity index (χ1v) is 6.31. The molecule has 4 heteroatoms. The van der Waals surface area contributed by atoms with Gasteiger partial charge in [0.15, 0.2) is 0 Å². The molecule has 1 aliphatic heterocycles. The van der Waals surface area contributed by atoms with Gasteiger partial charge in [-0.15, -0.1) is 0 Å². The van der Waals surface area contributed by atoms with E-state index in [1.54, 1.807) is 0 Å². The summed E-state index contributed by atoms with van der Waals surface area (Å²) in [6.45, 7) is 8.90. The van der Waals surface area contributed by atoms with Crippen molar-refractivity contribution in [3.8, 4) is 0 Å². The average Bonchev–Trinajstić information content (AvgIpc) is 2.35. The minimum Gasteiger partial charge on any atom is -0.478 e. The molecule has 1 atom stereocenters. The fourth-order valence-electron chi connectivity index (χ4n) is 2.29. The SMILES string of the molecule is C=C(CNC1CCOC(CC)(CC)C1)C(=O)O. The molecule has 1 unspecified atom stereocenters. The first kappa shape index (κ1) is 14.2. The van der Waals surface area contributed by atoms with Crippen molar-refractivity contribution in [3.05, 3.63) is 12.2 Å². The van der Waals surface area contributed by atoms with E-state index in [4.69, 9.17) is 9.84 Å². The van der Waals surface area contributed by atoms with E-state index in [2.05, 4.69) is 25.7 Å². The van der Waals surface area contributed by atoms with Crippen molar-refractivity contribution in [3.63, 3.8) is 0 Å². The molecule has 1 aliphatic rings. The molecule has 1 saturated heterocycles. The van der Waals surface area contributed by atoms with Crippen LogP contribution in [0.2, 0.25) is 0 Å². The lowest BCUT2D eigenvalue weighted by atomic mass is 9.86. The van der Waals surface area contributed by atoms with Crippen LogP contribution in [0.25, 0.3) is 0 Å². The number of hydrogen-bond acceptors (Lipinski definition) is 3. The van der Waals surface area contributed by atoms with E-state index in [9.17, 15) is 4.79 Å². The third-order valence-electron chi connectivity index (χ3n) is 3.69. The van der Waals surface area contributed by atoms with Crippen LogP contribution in [0, 0.1) is 0 Å². The Balaban J connectivity index is 2.45. The van der Waals surface area contributed by atoms with E-state index in [0.29, 0.717) is 12.6 Å². The van der Waals surface area contributed by atoms with Crippen LogP contribution in [0.5, 0.6) is 0 Å². The van der Waals surface area contributed by atoms with Crippen LogP contribution < -0.4 is 5.32 Å². The molecule has 1 fully saturated rings. The van der Waals surface area contributed by atoms with Crippen LogP contribution in [0.15, 0.2) is 12.2 Å². The van der Waals surface area contributed by atoms with Gasteiger partial charge in [-0.05, 0) is 25.7 Å². The summed E-state index contributed by atoms with van der Waals surface area (Å²) in [5.74, 6) is -0.929. The molecule has 0 saturated carbocycles. The second kappa shape index (κ2) is 6.17. The molecule has 0 bridgehead atoms. The molecule has 0 aromatic rings. The average molecular weight is 241 g/mol. The molecule has 0 amide bonds. The van der Waals surface area contributed by atoms with Crippen LogP contribution in [-0.2, 0) is 9.53 Å². The van der Waals surface area contributed by atoms with Crippen LogP contribution in [0.4, 0.5) is 0 Å². The van der Waals surface area contributed by atoms with Crippen LogP contribution in [-0.4, -0.2) is 35.9 Å². The highest BCUT2D eigenvalue weighted by Gasteiger charge is 2.34. The number of aliphatic carboxylic acids is 1. The topological polar surface area (TPSA) is 58.6 Å². The predicted octanol–water partition coefficient (Wildman–Crippen LogP) is 1.95. The maximum atomic E-state index is 10.6. The zero-order chi connectivity index (χ0) is 12.9. The number of carbonyl (C=O) groups is 1. The van der Waals surface area contributed by atoms with Gasteiger partial charge in [0.2, 0.25) is 0 Å². The molecule has 98 valence electrons. The van der Waals surface area contributed by atoms with Crippen molar-refractivity contribution >= 4 is 5.97 Å². The summed E-state index contributed by atoms with van der Waals surface area (Å²) in [7, 11) is 0. The van der Waals surface area contributed by atoms with Gasteiger partial charge >= 0.3 is 5.97 Å². The first-order valence-electron chi connectivity index (χ1n) is 6.31. The molecular formula is C13H23NO3. The second-order valence-corrected chi connectivity index (χ2v) is 4.72. The van der Waals surface area contributed by atoms with Crippen molar-refractivity contribution < 1.29 is 14.6 Å². The Bertz CT molecular complexity index is 284. The largest absolute Gasteiger partial charge is 0.478 e. The Hall–Kier alpha value is -0.870. The summed E-state index contributed by atoms with van der Waals surface area (Å²) >= 11 is 0. The Morgan fingerprint density at radius 1 is 1.53 bits per heavy atom. The highest BCUT2D eigenvalue weighted by Crippen LogP contribution is 2.31. The van der Waals surface area contributed by atoms with E-state index < -0.39 is 5.97 Å². The standard InChI is InChI=1S/C13H23NO3/c1-4-13(5-2)8-11(6-7-17-13)14-9-10(3)12(15)16/h11,14H,3-9H2,1-2H3,(H,15,16). The number of carboxylic acids is 1. The normalized spacial score (nSPS) is 23.3. The molecule has 0 aliphatic carbocycles. The fourth-order valence-corrected chi connectivity index (χ4v) is 2.29. The molecule has 0 spiro atoms. The second-order valence-electron chi connectivity index (χ2n) is 4.72. The molecule has 2 N–H and O–H groups in total. The summed E-state index contributed by atoms with van der Waals surface area (Å²) in [5, 5.41) is 12.0. The summed E-state index contributed by atoms with van der Waals surface area (Å²) in [5.41, 5.74) is 0.190. The van der Waals surface area contributed by atoms with Crippen LogP contribution >= 0.6 is 0 Å². The highest BCUT2D eigenvalue weighted by atomic mass is 16.5. The minimum atomic E-state index is -0.929. The third-order valence-corrected chi connectivity index (χ3v) is 3.69. The van der Waals surface area contributed by atoms with Crippen molar-refractivity contribution in [1.82, 2.24) is 5.32 Å². The Morgan fingerprint density at radius 3 is 2.71 bits per heavy atom. The Kier molecular flexibility index (Phi) is 5.15. The molecule has 1 rings (SSSR count). The molecule has 0 radical (unpaired) electrons. The molecule has 4 nitrogen and oxygen atoms in total. The maximum absolute atomic E-state index is 10.6. The Morgan fingerprint density at radius 2 is 2.18 bits per heavy atom. The fraction of sp³-hybridized carbons (Fsp3) is 0.769. The summed E-state index contributed by atoms with van der Waals surface area (Å²) in [6.07, 6.45) is 3.89. The van der Waals surface area contributed by atoms with E-state index in [0.717, 1.165) is 32.3 Å². The molecule has 17 heavy (non-hydrogen) atoms. The van der Waals surface area contributed by atoms with E-state index in [-0.39, 0.29) is 11.2 Å². The van der Waals surface area contributed by atoms with E-state index >= 15 is 0 Å². The Labute approximate surface area is 103 Å². The zero-order valence-corrected chi connectivity index (χ0v) is 10.8. The number of hydrogen-bond donors (Lipinski definition) is 2. The quantitative estimate of drug-likeness (QED) is 0.698. The molecular weight excluding hydrogens is 218 g/mol. The zero-order valence-electron chi connectivity index (χ0n) is 10.8. The van der Waals surface area contributed by atoms with Gasteiger partial charge < -0.3 is 15.2 Å². The monoisotopic (exact) mass is 241 g/mol. The van der Waals surface area contributed by atoms with E-state index in [1.165, 1.54) is 0 Å². The van der Waals surface area contributed by atoms with Gasteiger partial charge in [0.25, 0.3) is 0 Å². The molecule has 1 heterocycles. The number of rotatable bonds is 6. The van der Waals surface area contributed by atoms with Crippen LogP contribution in [0.1, 0.15) is 39.5 Å². The summed E-state index contributed by atoms with van der Waals surface area (Å²) < 4.78 is 5.87. The van der Waals surface area contributed by atoms with Crippen molar-refractivity contribution in [1.29, 1.82) is 0 Å². The van der Waals surface area contributed by atoms with E-state index in [1.807, 2.05) is 0 Å². The lowest BCUT2D eigenvalue weighted by molar-refractivity contribution is -0.132. The smallest absolute Gasteiger partial charge is 0.332 e. The van der Waals surface area contributed by atoms with Crippen molar-refractivity contribution in [2.45, 2.75) is 51.2 Å². The van der Waals surface area contributed by atoms with Crippen LogP contribution in [0.3, 0.4) is 0 Å².